The van der Waals surface area contributed by atoms with Crippen LogP contribution >= 0.6 is 0 Å². The molecule has 3 aliphatic heterocycles. The van der Waals surface area contributed by atoms with Crippen LogP contribution in [0.3, 0.4) is 0 Å². The molecular weight excluding hydrogens is 380 g/mol. The first-order valence-electron chi connectivity index (χ1n) is 10.4. The molecule has 1 aromatic rings. The lowest BCUT2D eigenvalue weighted by Gasteiger charge is -2.43. The normalized spacial score (nSPS) is 31.4. The van der Waals surface area contributed by atoms with Gasteiger partial charge in [0.15, 0.2) is 10.5 Å². The van der Waals surface area contributed by atoms with Crippen molar-refractivity contribution in [1.29, 1.82) is 0 Å². The van der Waals surface area contributed by atoms with Gasteiger partial charge in [-0.15, -0.1) is 0 Å². The third-order valence-electron chi connectivity index (χ3n) is 6.90. The number of ether oxygens (including phenoxy) is 2. The van der Waals surface area contributed by atoms with Crippen molar-refractivity contribution in [2.24, 2.45) is 7.05 Å². The van der Waals surface area contributed by atoms with Crippen molar-refractivity contribution in [1.82, 2.24) is 20.0 Å². The zero-order valence-corrected chi connectivity index (χ0v) is 17.5. The van der Waals surface area contributed by atoms with Gasteiger partial charge in [-0.1, -0.05) is 0 Å². The molecule has 0 bridgehead atoms. The van der Waals surface area contributed by atoms with Gasteiger partial charge in [0.25, 0.3) is 0 Å². The van der Waals surface area contributed by atoms with E-state index in [0.717, 1.165) is 64.0 Å². The van der Waals surface area contributed by atoms with Crippen molar-refractivity contribution in [3.8, 4) is 0 Å². The van der Waals surface area contributed by atoms with E-state index in [2.05, 4.69) is 15.3 Å². The average Bonchev–Trinajstić information content (AvgIpc) is 3.31. The van der Waals surface area contributed by atoms with Crippen molar-refractivity contribution >= 4 is 9.84 Å². The highest BCUT2D eigenvalue weighted by molar-refractivity contribution is 7.91. The minimum atomic E-state index is -3.65. The van der Waals surface area contributed by atoms with Crippen LogP contribution in [0, 0.1) is 0 Å². The maximum atomic E-state index is 13.7. The predicted octanol–water partition coefficient (Wildman–Crippen LogP) is 0.639. The zero-order valence-electron chi connectivity index (χ0n) is 16.6. The van der Waals surface area contributed by atoms with Crippen molar-refractivity contribution in [2.45, 2.75) is 66.2 Å². The fourth-order valence-corrected chi connectivity index (χ4v) is 6.90. The smallest absolute Gasteiger partial charge is 0.223 e. The largest absolute Gasteiger partial charge is 0.379 e. The molecule has 0 aromatic carbocycles. The first kappa shape index (κ1) is 19.0. The van der Waals surface area contributed by atoms with Crippen molar-refractivity contribution in [3.63, 3.8) is 0 Å². The van der Waals surface area contributed by atoms with Crippen LogP contribution in [0.25, 0.3) is 0 Å². The second-order valence-corrected chi connectivity index (χ2v) is 10.8. The predicted molar refractivity (Wildman–Crippen MR) is 103 cm³/mol. The minimum absolute atomic E-state index is 0.131. The first-order valence-corrected chi connectivity index (χ1v) is 11.9. The number of rotatable bonds is 5. The number of nitrogens with one attached hydrogen (secondary N) is 1. The Hall–Kier alpha value is -1.00. The van der Waals surface area contributed by atoms with Gasteiger partial charge in [-0.25, -0.2) is 8.42 Å². The highest BCUT2D eigenvalue weighted by atomic mass is 32.2. The van der Waals surface area contributed by atoms with Crippen LogP contribution < -0.4 is 5.32 Å². The number of hydrogen-bond acceptors (Lipinski definition) is 7. The van der Waals surface area contributed by atoms with Gasteiger partial charge in [-0.3, -0.25) is 9.58 Å². The summed E-state index contributed by atoms with van der Waals surface area (Å²) in [4.78, 5) is 2.23. The van der Waals surface area contributed by atoms with Gasteiger partial charge in [0, 0.05) is 33.2 Å². The molecule has 1 spiro atoms. The Labute approximate surface area is 166 Å². The molecule has 0 radical (unpaired) electrons. The second kappa shape index (κ2) is 6.77. The number of aryl methyl sites for hydroxylation is 1. The second-order valence-electron chi connectivity index (χ2n) is 8.85. The van der Waals surface area contributed by atoms with Gasteiger partial charge in [-0.05, 0) is 51.3 Å². The fraction of sp³-hybridized carbons (Fsp3) is 0.842. The average molecular weight is 411 g/mol. The highest BCUT2D eigenvalue weighted by Gasteiger charge is 2.56. The van der Waals surface area contributed by atoms with Crippen LogP contribution in [-0.4, -0.2) is 79.6 Å². The number of methoxy groups -OCH3 is 1. The van der Waals surface area contributed by atoms with Crippen LogP contribution in [0.4, 0.5) is 0 Å². The van der Waals surface area contributed by atoms with E-state index in [0.29, 0.717) is 10.9 Å². The van der Waals surface area contributed by atoms with E-state index < -0.39 is 15.3 Å². The van der Waals surface area contributed by atoms with E-state index in [1.807, 2.05) is 0 Å². The van der Waals surface area contributed by atoms with Gasteiger partial charge in [0.1, 0.15) is 0 Å². The molecule has 4 fully saturated rings. The van der Waals surface area contributed by atoms with Crippen LogP contribution in [0.1, 0.15) is 43.7 Å². The number of likely N-dealkylation sites (tertiary alicyclic amines) is 1. The van der Waals surface area contributed by atoms with Crippen molar-refractivity contribution < 1.29 is 17.9 Å². The first-order chi connectivity index (χ1) is 13.4. The third-order valence-corrected chi connectivity index (χ3v) is 8.89. The third kappa shape index (κ3) is 3.11. The van der Waals surface area contributed by atoms with Crippen molar-refractivity contribution in [2.75, 3.05) is 33.3 Å². The monoisotopic (exact) mass is 410 g/mol. The lowest BCUT2D eigenvalue weighted by molar-refractivity contribution is -0.0614. The summed E-state index contributed by atoms with van der Waals surface area (Å²) in [6.07, 6.45) is 4.86. The number of piperidine rings is 1. The quantitative estimate of drug-likeness (QED) is 0.762. The summed E-state index contributed by atoms with van der Waals surface area (Å²) < 4.78 is 40.8. The molecule has 8 nitrogen and oxygen atoms in total. The van der Waals surface area contributed by atoms with Crippen LogP contribution in [0.2, 0.25) is 0 Å². The molecule has 1 aliphatic carbocycles. The van der Waals surface area contributed by atoms with E-state index in [1.54, 1.807) is 20.2 Å². The molecule has 3 saturated heterocycles. The Morgan fingerprint density at radius 2 is 2.00 bits per heavy atom. The van der Waals surface area contributed by atoms with Gasteiger partial charge in [-0.2, -0.15) is 5.10 Å². The molecule has 2 atom stereocenters. The van der Waals surface area contributed by atoms with Crippen LogP contribution in [-0.2, 0) is 26.4 Å². The molecule has 5 rings (SSSR count). The Balaban J connectivity index is 1.46. The molecule has 1 saturated carbocycles. The van der Waals surface area contributed by atoms with E-state index in [1.165, 1.54) is 4.68 Å². The van der Waals surface area contributed by atoms with Crippen molar-refractivity contribution in [3.05, 3.63) is 11.8 Å². The molecule has 0 amide bonds. The standard InChI is InChI=1S/C19H30N4O4S/c1-22-17(9-15(21-22)13-3-4-13)28(24,25)18-16(23-11-14(12-23)26-2)10-19(27-18)5-7-20-8-6-19/h9,13-14,16,18,20H,3-8,10-12H2,1-2H3. The molecule has 4 heterocycles. The Morgan fingerprint density at radius 1 is 1.29 bits per heavy atom. The number of sulfone groups is 1. The summed E-state index contributed by atoms with van der Waals surface area (Å²) in [5.41, 5.74) is -0.287. The Bertz CT molecular complexity index is 838. The summed E-state index contributed by atoms with van der Waals surface area (Å²) in [7, 11) is -0.206. The SMILES string of the molecule is COC1CN(C2CC3(CCNCC3)OC2S(=O)(=O)c2cc(C3CC3)nn2C)C1. The number of nitrogens with zero attached hydrogens (tertiary/aromatic N) is 3. The number of hydrogen-bond donors (Lipinski definition) is 1. The van der Waals surface area contributed by atoms with E-state index in [4.69, 9.17) is 9.47 Å². The summed E-state index contributed by atoms with van der Waals surface area (Å²) in [6, 6.07) is 1.64. The Morgan fingerprint density at radius 3 is 2.64 bits per heavy atom. The minimum Gasteiger partial charge on any atom is -0.379 e. The fourth-order valence-electron chi connectivity index (χ4n) is 4.95. The molecule has 4 aliphatic rings. The molecule has 2 unspecified atom stereocenters. The molecule has 28 heavy (non-hydrogen) atoms. The summed E-state index contributed by atoms with van der Waals surface area (Å²) in [5.74, 6) is 0.420. The van der Waals surface area contributed by atoms with Gasteiger partial charge >= 0.3 is 0 Å². The van der Waals surface area contributed by atoms with Crippen LogP contribution in [0.5, 0.6) is 0 Å². The Kier molecular flexibility index (Phi) is 4.59. The van der Waals surface area contributed by atoms with Gasteiger partial charge < -0.3 is 14.8 Å². The maximum Gasteiger partial charge on any atom is 0.223 e. The van der Waals surface area contributed by atoms with Gasteiger partial charge in [0.2, 0.25) is 9.84 Å². The van der Waals surface area contributed by atoms with Gasteiger partial charge in [0.05, 0.1) is 23.4 Å². The summed E-state index contributed by atoms with van der Waals surface area (Å²) in [6.45, 7) is 3.28. The summed E-state index contributed by atoms with van der Waals surface area (Å²) >= 11 is 0. The maximum absolute atomic E-state index is 13.7. The lowest BCUT2D eigenvalue weighted by Crippen LogP contribution is -2.59. The molecular formula is C19H30N4O4S. The molecule has 156 valence electrons. The van der Waals surface area contributed by atoms with Crippen LogP contribution in [0.15, 0.2) is 11.1 Å². The van der Waals surface area contributed by atoms with E-state index in [-0.39, 0.29) is 17.7 Å². The zero-order chi connectivity index (χ0) is 19.5. The molecule has 1 N–H and O–H groups in total. The topological polar surface area (TPSA) is 85.7 Å². The highest BCUT2D eigenvalue weighted by Crippen LogP contribution is 2.45. The van der Waals surface area contributed by atoms with E-state index >= 15 is 0 Å². The summed E-state index contributed by atoms with van der Waals surface area (Å²) in [5, 5.41) is 8.14. The lowest BCUT2D eigenvalue weighted by atomic mass is 9.87. The molecule has 9 heteroatoms. The number of aromatic nitrogens is 2. The molecule has 1 aromatic heterocycles. The van der Waals surface area contributed by atoms with E-state index in [9.17, 15) is 8.42 Å².